The molecule has 0 amide bonds. The van der Waals surface area contributed by atoms with E-state index in [1.165, 1.54) is 18.4 Å². The molecule has 0 heterocycles. The predicted octanol–water partition coefficient (Wildman–Crippen LogP) is 4.34. The molecule has 0 aromatic heterocycles. The van der Waals surface area contributed by atoms with Gasteiger partial charge in [0, 0.05) is 33.6 Å². The molecule has 2 nitrogen and oxygen atoms in total. The second kappa shape index (κ2) is 6.70. The predicted molar refractivity (Wildman–Crippen MR) is 88.5 cm³/mol. The van der Waals surface area contributed by atoms with Crippen molar-refractivity contribution in [3.05, 3.63) is 32.7 Å². The van der Waals surface area contributed by atoms with E-state index < -0.39 is 0 Å². The summed E-state index contributed by atoms with van der Waals surface area (Å²) in [6.45, 7) is 5.54. The van der Waals surface area contributed by atoms with E-state index in [9.17, 15) is 0 Å². The highest BCUT2D eigenvalue weighted by Gasteiger charge is 2.29. The Balaban J connectivity index is 1.87. The normalized spacial score (nSPS) is 18.6. The van der Waals surface area contributed by atoms with Crippen molar-refractivity contribution in [2.75, 3.05) is 13.6 Å². The molecule has 0 bridgehead atoms. The minimum Gasteiger partial charge on any atom is -0.309 e. The average Bonchev–Trinajstić information content (AvgIpc) is 3.18. The van der Waals surface area contributed by atoms with E-state index in [2.05, 4.69) is 81.2 Å². The zero-order chi connectivity index (χ0) is 14.0. The van der Waals surface area contributed by atoms with Crippen molar-refractivity contribution in [1.82, 2.24) is 10.2 Å². The second-order valence-electron chi connectivity index (χ2n) is 5.54. The number of rotatable bonds is 6. The molecule has 1 N–H and O–H groups in total. The van der Waals surface area contributed by atoms with Gasteiger partial charge >= 0.3 is 0 Å². The van der Waals surface area contributed by atoms with E-state index >= 15 is 0 Å². The Kier molecular flexibility index (Phi) is 5.46. The van der Waals surface area contributed by atoms with Gasteiger partial charge < -0.3 is 5.32 Å². The topological polar surface area (TPSA) is 15.3 Å². The molecule has 1 aliphatic rings. The maximum absolute atomic E-state index is 3.64. The van der Waals surface area contributed by atoms with Crippen LogP contribution in [0.1, 0.15) is 38.3 Å². The second-order valence-corrected chi connectivity index (χ2v) is 7.31. The zero-order valence-electron chi connectivity index (χ0n) is 11.8. The van der Waals surface area contributed by atoms with E-state index in [-0.39, 0.29) is 0 Å². The van der Waals surface area contributed by atoms with Gasteiger partial charge in [0.2, 0.25) is 0 Å². The molecule has 19 heavy (non-hydrogen) atoms. The molecule has 2 atom stereocenters. The molecular formula is C15H22Br2N2. The molecule has 4 heteroatoms. The van der Waals surface area contributed by atoms with Crippen LogP contribution in [-0.2, 0) is 0 Å². The van der Waals surface area contributed by atoms with Crippen LogP contribution in [0, 0.1) is 0 Å². The van der Waals surface area contributed by atoms with E-state index in [0.717, 1.165) is 21.5 Å². The van der Waals surface area contributed by atoms with Crippen LogP contribution in [-0.4, -0.2) is 30.6 Å². The molecule has 2 rings (SSSR count). The first-order valence-electron chi connectivity index (χ1n) is 6.89. The Morgan fingerprint density at radius 3 is 2.58 bits per heavy atom. The SMILES string of the molecule is CC(NCC(C)N(C)C1CC1)c1ccc(Br)cc1Br. The van der Waals surface area contributed by atoms with Crippen LogP contribution in [0.25, 0.3) is 0 Å². The molecule has 1 aliphatic carbocycles. The van der Waals surface area contributed by atoms with Crippen LogP contribution in [0.2, 0.25) is 0 Å². The number of nitrogens with one attached hydrogen (secondary N) is 1. The third-order valence-electron chi connectivity index (χ3n) is 3.97. The average molecular weight is 390 g/mol. The van der Waals surface area contributed by atoms with Crippen LogP contribution in [0.3, 0.4) is 0 Å². The Morgan fingerprint density at radius 2 is 2.00 bits per heavy atom. The van der Waals surface area contributed by atoms with Gasteiger partial charge in [-0.1, -0.05) is 37.9 Å². The quantitative estimate of drug-likeness (QED) is 0.778. The van der Waals surface area contributed by atoms with Crippen LogP contribution < -0.4 is 5.32 Å². The van der Waals surface area contributed by atoms with E-state index in [0.29, 0.717) is 12.1 Å². The van der Waals surface area contributed by atoms with Crippen molar-refractivity contribution in [3.8, 4) is 0 Å². The maximum Gasteiger partial charge on any atom is 0.0303 e. The highest BCUT2D eigenvalue weighted by Crippen LogP contribution is 2.28. The summed E-state index contributed by atoms with van der Waals surface area (Å²) in [7, 11) is 2.24. The fourth-order valence-electron chi connectivity index (χ4n) is 2.30. The minimum absolute atomic E-state index is 0.359. The third-order valence-corrected chi connectivity index (χ3v) is 5.15. The number of benzene rings is 1. The van der Waals surface area contributed by atoms with Crippen molar-refractivity contribution in [1.29, 1.82) is 0 Å². The third kappa shape index (κ3) is 4.28. The molecule has 0 aliphatic heterocycles. The van der Waals surface area contributed by atoms with Crippen LogP contribution in [0.5, 0.6) is 0 Å². The molecule has 106 valence electrons. The highest BCUT2D eigenvalue weighted by atomic mass is 79.9. The first-order chi connectivity index (χ1) is 8.99. The Labute approximate surface area is 133 Å². The summed E-state index contributed by atoms with van der Waals surface area (Å²) in [4.78, 5) is 2.50. The van der Waals surface area contributed by atoms with Gasteiger partial charge in [0.1, 0.15) is 0 Å². The molecule has 0 spiro atoms. The summed E-state index contributed by atoms with van der Waals surface area (Å²) >= 11 is 7.13. The molecule has 1 saturated carbocycles. The van der Waals surface area contributed by atoms with Crippen LogP contribution >= 0.6 is 31.9 Å². The summed E-state index contributed by atoms with van der Waals surface area (Å²) < 4.78 is 2.27. The number of halogens is 2. The Bertz CT molecular complexity index is 432. The Morgan fingerprint density at radius 1 is 1.32 bits per heavy atom. The van der Waals surface area contributed by atoms with Gasteiger partial charge in [0.15, 0.2) is 0 Å². The fraction of sp³-hybridized carbons (Fsp3) is 0.600. The van der Waals surface area contributed by atoms with Crippen molar-refractivity contribution >= 4 is 31.9 Å². The maximum atomic E-state index is 3.64. The van der Waals surface area contributed by atoms with Gasteiger partial charge in [0.25, 0.3) is 0 Å². The first-order valence-corrected chi connectivity index (χ1v) is 8.48. The standard InChI is InChI=1S/C15H22Br2N2/c1-10(19(3)13-5-6-13)9-18-11(2)14-7-4-12(16)8-15(14)17/h4,7-8,10-11,13,18H,5-6,9H2,1-3H3. The zero-order valence-corrected chi connectivity index (χ0v) is 15.0. The van der Waals surface area contributed by atoms with Crippen LogP contribution in [0.15, 0.2) is 27.1 Å². The van der Waals surface area contributed by atoms with E-state index in [1.807, 2.05) is 0 Å². The number of likely N-dealkylation sites (N-methyl/N-ethyl adjacent to an activating group) is 1. The molecule has 0 radical (unpaired) electrons. The summed E-state index contributed by atoms with van der Waals surface area (Å²) in [6.07, 6.45) is 2.74. The number of hydrogen-bond acceptors (Lipinski definition) is 2. The lowest BCUT2D eigenvalue weighted by atomic mass is 10.1. The largest absolute Gasteiger partial charge is 0.309 e. The van der Waals surface area contributed by atoms with E-state index in [4.69, 9.17) is 0 Å². The fourth-order valence-corrected chi connectivity index (χ4v) is 3.69. The Hall–Kier alpha value is 0.1000. The van der Waals surface area contributed by atoms with Crippen LogP contribution in [0.4, 0.5) is 0 Å². The molecule has 1 aromatic rings. The van der Waals surface area contributed by atoms with Crippen molar-refractivity contribution in [2.45, 2.75) is 44.8 Å². The lowest BCUT2D eigenvalue weighted by Gasteiger charge is -2.26. The minimum atomic E-state index is 0.359. The number of hydrogen-bond donors (Lipinski definition) is 1. The van der Waals surface area contributed by atoms with Gasteiger partial charge in [-0.25, -0.2) is 0 Å². The monoisotopic (exact) mass is 388 g/mol. The summed E-state index contributed by atoms with van der Waals surface area (Å²) in [6, 6.07) is 8.14. The summed E-state index contributed by atoms with van der Waals surface area (Å²) in [5.74, 6) is 0. The summed E-state index contributed by atoms with van der Waals surface area (Å²) in [5, 5.41) is 3.64. The van der Waals surface area contributed by atoms with Crippen molar-refractivity contribution in [3.63, 3.8) is 0 Å². The smallest absolute Gasteiger partial charge is 0.0303 e. The summed E-state index contributed by atoms with van der Waals surface area (Å²) in [5.41, 5.74) is 1.31. The molecule has 2 unspecified atom stereocenters. The van der Waals surface area contributed by atoms with Crippen molar-refractivity contribution < 1.29 is 0 Å². The van der Waals surface area contributed by atoms with Gasteiger partial charge in [-0.05, 0) is 51.4 Å². The van der Waals surface area contributed by atoms with Gasteiger partial charge in [-0.15, -0.1) is 0 Å². The van der Waals surface area contributed by atoms with Crippen molar-refractivity contribution in [2.24, 2.45) is 0 Å². The molecule has 1 fully saturated rings. The molecule has 1 aromatic carbocycles. The number of nitrogens with zero attached hydrogens (tertiary/aromatic N) is 1. The highest BCUT2D eigenvalue weighted by molar-refractivity contribution is 9.11. The van der Waals surface area contributed by atoms with Gasteiger partial charge in [0.05, 0.1) is 0 Å². The lowest BCUT2D eigenvalue weighted by molar-refractivity contribution is 0.237. The lowest BCUT2D eigenvalue weighted by Crippen LogP contribution is -2.39. The van der Waals surface area contributed by atoms with Gasteiger partial charge in [-0.2, -0.15) is 0 Å². The van der Waals surface area contributed by atoms with Gasteiger partial charge in [-0.3, -0.25) is 4.90 Å². The molecular weight excluding hydrogens is 368 g/mol. The first kappa shape index (κ1) is 15.5. The van der Waals surface area contributed by atoms with E-state index in [1.54, 1.807) is 0 Å². The molecule has 0 saturated heterocycles.